The number of fused-ring (bicyclic) bond motifs is 3. The summed E-state index contributed by atoms with van der Waals surface area (Å²) in [6, 6.07) is 19.6. The fraction of sp³-hybridized carbons (Fsp3) is 0.312. The molecule has 4 aromatic rings. The van der Waals surface area contributed by atoms with Gasteiger partial charge in [0.2, 0.25) is 0 Å². The summed E-state index contributed by atoms with van der Waals surface area (Å²) in [5, 5.41) is 4.46. The number of aromatic nitrogens is 1. The van der Waals surface area contributed by atoms with Gasteiger partial charge in [-0.05, 0) is 110 Å². The van der Waals surface area contributed by atoms with E-state index in [0.29, 0.717) is 23.9 Å². The van der Waals surface area contributed by atoms with Gasteiger partial charge in [-0.25, -0.2) is 17.9 Å². The minimum absolute atomic E-state index is 0.0318. The quantitative estimate of drug-likeness (QED) is 0.290. The molecule has 2 heterocycles. The lowest BCUT2D eigenvalue weighted by Crippen LogP contribution is -2.46. The van der Waals surface area contributed by atoms with Crippen LogP contribution in [0.5, 0.6) is 0 Å². The number of hydrogen-bond donors (Lipinski definition) is 2. The number of amides is 3. The average molecular weight is 603 g/mol. The molecule has 0 saturated heterocycles. The van der Waals surface area contributed by atoms with Crippen molar-refractivity contribution in [2.45, 2.75) is 54.9 Å². The summed E-state index contributed by atoms with van der Waals surface area (Å²) in [4.78, 5) is 27.8. The molecule has 0 radical (unpaired) electrons. The third-order valence-corrected chi connectivity index (χ3v) is 10.3. The topological polar surface area (TPSA) is 101 Å². The Labute approximate surface area is 249 Å². The van der Waals surface area contributed by atoms with E-state index in [9.17, 15) is 18.0 Å². The number of nitrogens with zero attached hydrogens (tertiary/aromatic N) is 2. The second-order valence-corrected chi connectivity index (χ2v) is 13.9. The summed E-state index contributed by atoms with van der Waals surface area (Å²) in [5.41, 5.74) is 5.69. The number of benzene rings is 3. The average Bonchev–Trinajstić information content (AvgIpc) is 3.90. The molecule has 3 amide bonds. The van der Waals surface area contributed by atoms with Gasteiger partial charge in [0, 0.05) is 35.2 Å². The van der Waals surface area contributed by atoms with E-state index < -0.39 is 21.6 Å². The standard InChI is InChI=1S/C32H31ClN4O4S/c1-36-17-14-26-27-18-22(21-4-5-21)6-13-28(27)37(29(26)30(36)38)24-9-2-20(3-10-24)19-32(15-16-32)34-31(39)35-42(40,41)25-11-7-23(33)8-12-25/h2-3,6-13,18,21H,4-5,14-17,19H2,1H3,(H2,34,35,39). The van der Waals surface area contributed by atoms with Crippen LogP contribution in [0.2, 0.25) is 5.02 Å². The summed E-state index contributed by atoms with van der Waals surface area (Å²) in [6.07, 6.45) is 5.36. The smallest absolute Gasteiger partial charge is 0.329 e. The Balaban J connectivity index is 1.12. The van der Waals surface area contributed by atoms with Crippen molar-refractivity contribution in [3.63, 3.8) is 0 Å². The van der Waals surface area contributed by atoms with E-state index in [1.807, 2.05) is 31.3 Å². The molecule has 0 unspecified atom stereocenters. The molecular formula is C32H31ClN4O4S. The highest BCUT2D eigenvalue weighted by Gasteiger charge is 2.44. The molecule has 3 aliphatic rings. The molecule has 0 bridgehead atoms. The van der Waals surface area contributed by atoms with Crippen molar-refractivity contribution in [2.24, 2.45) is 0 Å². The second-order valence-electron chi connectivity index (χ2n) is 11.8. The molecule has 2 fully saturated rings. The number of carbonyl (C=O) groups is 2. The Morgan fingerprint density at radius 3 is 2.40 bits per heavy atom. The SMILES string of the molecule is CN1CCc2c(n(-c3ccc(CC4(NC(=O)NS(=O)(=O)c5ccc(Cl)cc5)CC4)cc3)c3ccc(C4CC4)cc23)C1=O. The number of sulfonamides is 1. The van der Waals surface area contributed by atoms with Crippen LogP contribution in [0.4, 0.5) is 4.79 Å². The van der Waals surface area contributed by atoms with Gasteiger partial charge in [0.1, 0.15) is 5.69 Å². The van der Waals surface area contributed by atoms with Crippen molar-refractivity contribution in [2.75, 3.05) is 13.6 Å². The molecule has 3 aromatic carbocycles. The predicted octanol–water partition coefficient (Wildman–Crippen LogP) is 5.55. The third-order valence-electron chi connectivity index (χ3n) is 8.71. The van der Waals surface area contributed by atoms with Crippen LogP contribution < -0.4 is 10.0 Å². The zero-order valence-corrected chi connectivity index (χ0v) is 24.8. The maximum absolute atomic E-state index is 13.4. The number of carbonyl (C=O) groups excluding carboxylic acids is 2. The normalized spacial score (nSPS) is 17.7. The molecule has 1 aromatic heterocycles. The first-order valence-electron chi connectivity index (χ1n) is 14.3. The molecular weight excluding hydrogens is 572 g/mol. The minimum Gasteiger partial charge on any atom is -0.340 e. The number of rotatable bonds is 7. The summed E-state index contributed by atoms with van der Waals surface area (Å²) in [7, 11) is -2.17. The van der Waals surface area contributed by atoms with Gasteiger partial charge in [0.05, 0.1) is 10.4 Å². The first-order valence-corrected chi connectivity index (χ1v) is 16.1. The van der Waals surface area contributed by atoms with Gasteiger partial charge < -0.3 is 14.8 Å². The summed E-state index contributed by atoms with van der Waals surface area (Å²) < 4.78 is 29.4. The van der Waals surface area contributed by atoms with Crippen molar-refractivity contribution in [1.82, 2.24) is 19.5 Å². The molecule has 216 valence electrons. The fourth-order valence-corrected chi connectivity index (χ4v) is 7.10. The molecule has 2 aliphatic carbocycles. The third kappa shape index (κ3) is 4.94. The van der Waals surface area contributed by atoms with Crippen molar-refractivity contribution >= 4 is 44.5 Å². The van der Waals surface area contributed by atoms with Gasteiger partial charge in [0.15, 0.2) is 0 Å². The Hall–Kier alpha value is -3.82. The monoisotopic (exact) mass is 602 g/mol. The van der Waals surface area contributed by atoms with E-state index in [0.717, 1.165) is 47.3 Å². The molecule has 1 aliphatic heterocycles. The predicted molar refractivity (Wildman–Crippen MR) is 162 cm³/mol. The van der Waals surface area contributed by atoms with Crippen molar-refractivity contribution in [3.05, 3.63) is 94.1 Å². The Bertz CT molecular complexity index is 1840. The molecule has 7 rings (SSSR count). The molecule has 2 N–H and O–H groups in total. The van der Waals surface area contributed by atoms with Gasteiger partial charge in [0.25, 0.3) is 15.9 Å². The van der Waals surface area contributed by atoms with Gasteiger partial charge in [-0.1, -0.05) is 29.8 Å². The van der Waals surface area contributed by atoms with Crippen molar-refractivity contribution in [3.8, 4) is 5.69 Å². The van der Waals surface area contributed by atoms with E-state index in [1.54, 1.807) is 4.90 Å². The summed E-state index contributed by atoms with van der Waals surface area (Å²) in [5.74, 6) is 0.669. The van der Waals surface area contributed by atoms with Crippen molar-refractivity contribution < 1.29 is 18.0 Å². The van der Waals surface area contributed by atoms with E-state index in [1.165, 1.54) is 48.1 Å². The van der Waals surface area contributed by atoms with Crippen LogP contribution in [-0.2, 0) is 22.9 Å². The van der Waals surface area contributed by atoms with E-state index in [-0.39, 0.29) is 10.8 Å². The minimum atomic E-state index is -4.02. The molecule has 2 saturated carbocycles. The van der Waals surface area contributed by atoms with Gasteiger partial charge in [-0.15, -0.1) is 0 Å². The Kier molecular flexibility index (Phi) is 6.36. The molecule has 0 atom stereocenters. The maximum Gasteiger partial charge on any atom is 0.329 e. The first kappa shape index (κ1) is 27.0. The highest BCUT2D eigenvalue weighted by Crippen LogP contribution is 2.43. The van der Waals surface area contributed by atoms with Crippen LogP contribution in [0, 0.1) is 0 Å². The van der Waals surface area contributed by atoms with Gasteiger partial charge in [-0.3, -0.25) is 4.79 Å². The first-order chi connectivity index (χ1) is 20.1. The van der Waals surface area contributed by atoms with Crippen molar-refractivity contribution in [1.29, 1.82) is 0 Å². The van der Waals surface area contributed by atoms with E-state index in [2.05, 4.69) is 32.8 Å². The lowest BCUT2D eigenvalue weighted by molar-refractivity contribution is 0.0773. The second kappa shape index (κ2) is 9.88. The van der Waals surface area contributed by atoms with Crippen LogP contribution >= 0.6 is 11.6 Å². The summed E-state index contributed by atoms with van der Waals surface area (Å²) >= 11 is 5.85. The van der Waals surface area contributed by atoms with Crippen LogP contribution in [0.25, 0.3) is 16.6 Å². The highest BCUT2D eigenvalue weighted by molar-refractivity contribution is 7.90. The number of halogens is 1. The molecule has 10 heteroatoms. The molecule has 42 heavy (non-hydrogen) atoms. The Morgan fingerprint density at radius 2 is 1.74 bits per heavy atom. The lowest BCUT2D eigenvalue weighted by atomic mass is 10.0. The fourth-order valence-electron chi connectivity index (χ4n) is 6.06. The lowest BCUT2D eigenvalue weighted by Gasteiger charge is -2.24. The van der Waals surface area contributed by atoms with Gasteiger partial charge >= 0.3 is 6.03 Å². The maximum atomic E-state index is 13.4. The van der Waals surface area contributed by atoms with Crippen LogP contribution in [0.15, 0.2) is 71.6 Å². The van der Waals surface area contributed by atoms with Crippen LogP contribution in [0.3, 0.4) is 0 Å². The number of likely N-dealkylation sites (N-methyl/N-ethyl adjacent to an activating group) is 1. The highest BCUT2D eigenvalue weighted by atomic mass is 35.5. The number of hydrogen-bond acceptors (Lipinski definition) is 4. The van der Waals surface area contributed by atoms with E-state index >= 15 is 0 Å². The number of urea groups is 1. The molecule has 0 spiro atoms. The zero-order valence-electron chi connectivity index (χ0n) is 23.2. The number of nitrogens with one attached hydrogen (secondary N) is 2. The largest absolute Gasteiger partial charge is 0.340 e. The van der Waals surface area contributed by atoms with Gasteiger partial charge in [-0.2, -0.15) is 0 Å². The zero-order chi connectivity index (χ0) is 29.2. The van der Waals surface area contributed by atoms with Crippen LogP contribution in [-0.4, -0.2) is 49.0 Å². The van der Waals surface area contributed by atoms with E-state index in [4.69, 9.17) is 11.6 Å². The molecule has 8 nitrogen and oxygen atoms in total. The summed E-state index contributed by atoms with van der Waals surface area (Å²) in [6.45, 7) is 0.710. The van der Waals surface area contributed by atoms with Crippen LogP contribution in [0.1, 0.15) is 58.8 Å². The Morgan fingerprint density at radius 1 is 1.02 bits per heavy atom.